The van der Waals surface area contributed by atoms with Crippen LogP contribution in [0.4, 0.5) is 0 Å². The Kier molecular flexibility index (Phi) is 2.38. The van der Waals surface area contributed by atoms with Crippen LogP contribution in [0, 0.1) is 5.92 Å². The molecule has 3 atom stereocenters. The summed E-state index contributed by atoms with van der Waals surface area (Å²) in [6.07, 6.45) is 7.83. The van der Waals surface area contributed by atoms with Crippen LogP contribution in [0.5, 0.6) is 0 Å². The molecule has 0 fully saturated rings. The summed E-state index contributed by atoms with van der Waals surface area (Å²) in [4.78, 5) is 8.49. The molecule has 5 nitrogen and oxygen atoms in total. The molecule has 0 bridgehead atoms. The van der Waals surface area contributed by atoms with Gasteiger partial charge in [0, 0.05) is 18.0 Å². The van der Waals surface area contributed by atoms with E-state index >= 15 is 0 Å². The second kappa shape index (κ2) is 4.30. The number of hydrogen-bond donors (Lipinski definition) is 1. The standard InChI is InChI=1S/C17H16N4O/c22-17-13(5-6-20-9-18-8-15(17)20)16-12-4-2-1-3-11(12)14-7-19-10-21(14)16/h1-4,7-10,13,16-17,22H,5-6H2/t13-,16?,17+/m0/s1. The van der Waals surface area contributed by atoms with Crippen molar-refractivity contribution in [1.29, 1.82) is 0 Å². The lowest BCUT2D eigenvalue weighted by atomic mass is 9.83. The lowest BCUT2D eigenvalue weighted by Gasteiger charge is -2.34. The van der Waals surface area contributed by atoms with Gasteiger partial charge in [-0.1, -0.05) is 24.3 Å². The predicted octanol–water partition coefficient (Wildman–Crippen LogP) is 2.40. The molecule has 2 aliphatic rings. The Balaban J connectivity index is 1.65. The summed E-state index contributed by atoms with van der Waals surface area (Å²) in [7, 11) is 0. The maximum atomic E-state index is 10.9. The minimum absolute atomic E-state index is 0.140. The molecule has 0 saturated heterocycles. The summed E-state index contributed by atoms with van der Waals surface area (Å²) in [5.41, 5.74) is 4.59. The predicted molar refractivity (Wildman–Crippen MR) is 81.1 cm³/mol. The van der Waals surface area contributed by atoms with Crippen molar-refractivity contribution < 1.29 is 5.11 Å². The molecule has 5 rings (SSSR count). The molecule has 2 aromatic heterocycles. The fourth-order valence-corrected chi connectivity index (χ4v) is 4.07. The molecule has 1 unspecified atom stereocenters. The zero-order chi connectivity index (χ0) is 14.7. The Labute approximate surface area is 127 Å². The Morgan fingerprint density at radius 3 is 2.91 bits per heavy atom. The van der Waals surface area contributed by atoms with E-state index in [0.717, 1.165) is 24.4 Å². The average Bonchev–Trinajstić information content (AvgIpc) is 3.23. The molecule has 4 heterocycles. The highest BCUT2D eigenvalue weighted by Crippen LogP contribution is 2.48. The van der Waals surface area contributed by atoms with Gasteiger partial charge in [0.2, 0.25) is 0 Å². The van der Waals surface area contributed by atoms with Crippen LogP contribution in [-0.4, -0.2) is 24.2 Å². The summed E-state index contributed by atoms with van der Waals surface area (Å²) in [5.74, 6) is 0.140. The van der Waals surface area contributed by atoms with Gasteiger partial charge in [0.15, 0.2) is 0 Å². The molecule has 1 aromatic carbocycles. The molecule has 0 radical (unpaired) electrons. The zero-order valence-corrected chi connectivity index (χ0v) is 12.0. The van der Waals surface area contributed by atoms with Crippen LogP contribution in [0.1, 0.15) is 29.8 Å². The molecular weight excluding hydrogens is 276 g/mol. The summed E-state index contributed by atoms with van der Waals surface area (Å²) >= 11 is 0. The first-order chi connectivity index (χ1) is 10.8. The van der Waals surface area contributed by atoms with Gasteiger partial charge < -0.3 is 14.2 Å². The van der Waals surface area contributed by atoms with E-state index in [2.05, 4.69) is 43.4 Å². The summed E-state index contributed by atoms with van der Waals surface area (Å²) in [6, 6.07) is 8.59. The third kappa shape index (κ3) is 1.46. The van der Waals surface area contributed by atoms with Gasteiger partial charge in [-0.15, -0.1) is 0 Å². The summed E-state index contributed by atoms with van der Waals surface area (Å²) in [6.45, 7) is 0.903. The van der Waals surface area contributed by atoms with Crippen molar-refractivity contribution in [3.8, 4) is 11.3 Å². The number of aliphatic hydroxyl groups excluding tert-OH is 1. The molecule has 2 aliphatic heterocycles. The highest BCUT2D eigenvalue weighted by Gasteiger charge is 2.40. The Morgan fingerprint density at radius 1 is 1.09 bits per heavy atom. The SMILES string of the molecule is O[C@H]1c2cncn2CC[C@H]1C1c2ccccc2-c2cncn21. The molecule has 110 valence electrons. The number of aliphatic hydroxyl groups is 1. The van der Waals surface area contributed by atoms with E-state index in [4.69, 9.17) is 0 Å². The topological polar surface area (TPSA) is 55.9 Å². The number of aromatic nitrogens is 4. The van der Waals surface area contributed by atoms with Crippen LogP contribution >= 0.6 is 0 Å². The first-order valence-corrected chi connectivity index (χ1v) is 7.64. The fourth-order valence-electron chi connectivity index (χ4n) is 4.07. The van der Waals surface area contributed by atoms with E-state index in [1.54, 1.807) is 12.5 Å². The fraction of sp³-hybridized carbons (Fsp3) is 0.294. The van der Waals surface area contributed by atoms with Gasteiger partial charge in [-0.2, -0.15) is 0 Å². The van der Waals surface area contributed by atoms with Crippen molar-refractivity contribution in [3.63, 3.8) is 0 Å². The smallest absolute Gasteiger partial charge is 0.101 e. The number of fused-ring (bicyclic) bond motifs is 4. The van der Waals surface area contributed by atoms with E-state index in [1.807, 2.05) is 12.5 Å². The van der Waals surface area contributed by atoms with Crippen molar-refractivity contribution in [3.05, 3.63) is 60.6 Å². The van der Waals surface area contributed by atoms with Crippen LogP contribution in [0.25, 0.3) is 11.3 Å². The molecule has 1 N–H and O–H groups in total. The maximum Gasteiger partial charge on any atom is 0.101 e. The molecule has 3 aromatic rings. The zero-order valence-electron chi connectivity index (χ0n) is 12.0. The molecule has 0 spiro atoms. The molecule has 22 heavy (non-hydrogen) atoms. The lowest BCUT2D eigenvalue weighted by molar-refractivity contribution is 0.0556. The molecule has 0 amide bonds. The number of rotatable bonds is 1. The van der Waals surface area contributed by atoms with Gasteiger partial charge in [-0.3, -0.25) is 0 Å². The van der Waals surface area contributed by atoms with Crippen molar-refractivity contribution >= 4 is 0 Å². The largest absolute Gasteiger partial charge is 0.386 e. The van der Waals surface area contributed by atoms with Crippen LogP contribution in [0.15, 0.2) is 49.3 Å². The van der Waals surface area contributed by atoms with E-state index in [-0.39, 0.29) is 12.0 Å². The van der Waals surface area contributed by atoms with Crippen LogP contribution < -0.4 is 0 Å². The van der Waals surface area contributed by atoms with Gasteiger partial charge in [-0.05, 0) is 12.0 Å². The average molecular weight is 292 g/mol. The van der Waals surface area contributed by atoms with E-state index in [9.17, 15) is 5.11 Å². The van der Waals surface area contributed by atoms with Crippen molar-refractivity contribution in [1.82, 2.24) is 19.1 Å². The highest BCUT2D eigenvalue weighted by molar-refractivity contribution is 5.69. The number of imidazole rings is 2. The van der Waals surface area contributed by atoms with E-state index < -0.39 is 6.10 Å². The van der Waals surface area contributed by atoms with E-state index in [0.29, 0.717) is 0 Å². The first kappa shape index (κ1) is 12.2. The van der Waals surface area contributed by atoms with Crippen molar-refractivity contribution in [2.24, 2.45) is 5.92 Å². The molecule has 0 saturated carbocycles. The van der Waals surface area contributed by atoms with Gasteiger partial charge in [0.05, 0.1) is 42.5 Å². The summed E-state index contributed by atoms with van der Waals surface area (Å²) < 4.78 is 4.27. The Morgan fingerprint density at radius 2 is 1.95 bits per heavy atom. The monoisotopic (exact) mass is 292 g/mol. The minimum Gasteiger partial charge on any atom is -0.386 e. The second-order valence-corrected chi connectivity index (χ2v) is 6.13. The van der Waals surface area contributed by atoms with E-state index in [1.165, 1.54) is 11.1 Å². The van der Waals surface area contributed by atoms with Crippen LogP contribution in [0.2, 0.25) is 0 Å². The minimum atomic E-state index is -0.498. The van der Waals surface area contributed by atoms with Gasteiger partial charge in [0.25, 0.3) is 0 Å². The summed E-state index contributed by atoms with van der Waals surface area (Å²) in [5, 5.41) is 10.9. The van der Waals surface area contributed by atoms with Gasteiger partial charge in [-0.25, -0.2) is 9.97 Å². The highest BCUT2D eigenvalue weighted by atomic mass is 16.3. The number of benzene rings is 1. The Bertz CT molecular complexity index is 850. The van der Waals surface area contributed by atoms with Crippen LogP contribution in [0.3, 0.4) is 0 Å². The van der Waals surface area contributed by atoms with Crippen LogP contribution in [-0.2, 0) is 6.54 Å². The molecular formula is C17H16N4O. The third-order valence-corrected chi connectivity index (χ3v) is 5.08. The normalized spacial score (nSPS) is 25.6. The Hall–Kier alpha value is -2.40. The van der Waals surface area contributed by atoms with Crippen molar-refractivity contribution in [2.75, 3.05) is 0 Å². The second-order valence-electron chi connectivity index (χ2n) is 6.13. The third-order valence-electron chi connectivity index (χ3n) is 5.08. The number of aryl methyl sites for hydroxylation is 1. The lowest BCUT2D eigenvalue weighted by Crippen LogP contribution is -2.30. The van der Waals surface area contributed by atoms with Crippen molar-refractivity contribution in [2.45, 2.75) is 25.1 Å². The number of hydrogen-bond acceptors (Lipinski definition) is 3. The van der Waals surface area contributed by atoms with Gasteiger partial charge >= 0.3 is 0 Å². The first-order valence-electron chi connectivity index (χ1n) is 7.64. The molecule has 0 aliphatic carbocycles. The maximum absolute atomic E-state index is 10.9. The van der Waals surface area contributed by atoms with Gasteiger partial charge in [0.1, 0.15) is 6.10 Å². The molecule has 5 heteroatoms. The number of nitrogens with zero attached hydrogens (tertiary/aromatic N) is 4. The quantitative estimate of drug-likeness (QED) is 0.749.